The Kier molecular flexibility index (Phi) is 3.38. The van der Waals surface area contributed by atoms with Gasteiger partial charge >= 0.3 is 0 Å². The number of nitrogens with one attached hydrogen (secondary N) is 1. The number of methoxy groups -OCH3 is 1. The molecule has 0 bridgehead atoms. The first kappa shape index (κ1) is 11.7. The summed E-state index contributed by atoms with van der Waals surface area (Å²) in [6, 6.07) is 5.61. The van der Waals surface area contributed by atoms with Gasteiger partial charge in [-0.2, -0.15) is 0 Å². The molecule has 1 aliphatic heterocycles. The Morgan fingerprint density at radius 3 is 2.94 bits per heavy atom. The summed E-state index contributed by atoms with van der Waals surface area (Å²) in [6.45, 7) is 4.40. The molecule has 0 spiro atoms. The summed E-state index contributed by atoms with van der Waals surface area (Å²) in [5, 5.41) is 4.02. The van der Waals surface area contributed by atoms with Crippen molar-refractivity contribution in [2.75, 3.05) is 26.8 Å². The van der Waals surface area contributed by atoms with E-state index >= 15 is 0 Å². The molecule has 88 valence electrons. The summed E-state index contributed by atoms with van der Waals surface area (Å²) in [5.74, 6) is 0.815. The summed E-state index contributed by atoms with van der Waals surface area (Å²) >= 11 is 6.02. The van der Waals surface area contributed by atoms with E-state index in [2.05, 4.69) is 5.32 Å². The minimum Gasteiger partial charge on any atom is -0.496 e. The zero-order valence-corrected chi connectivity index (χ0v) is 10.3. The highest BCUT2D eigenvalue weighted by Crippen LogP contribution is 2.35. The van der Waals surface area contributed by atoms with Crippen LogP contribution in [-0.2, 0) is 10.3 Å². The first-order valence-electron chi connectivity index (χ1n) is 5.34. The Balaban J connectivity index is 2.40. The lowest BCUT2D eigenvalue weighted by molar-refractivity contribution is -0.0584. The highest BCUT2D eigenvalue weighted by molar-refractivity contribution is 6.30. The number of benzene rings is 1. The Morgan fingerprint density at radius 2 is 2.31 bits per heavy atom. The van der Waals surface area contributed by atoms with Crippen molar-refractivity contribution >= 4 is 11.6 Å². The molecule has 3 nitrogen and oxygen atoms in total. The number of morpholine rings is 1. The minimum absolute atomic E-state index is 0.367. The first-order valence-corrected chi connectivity index (χ1v) is 5.72. The van der Waals surface area contributed by atoms with Crippen LogP contribution in [0.1, 0.15) is 12.5 Å². The number of hydrogen-bond acceptors (Lipinski definition) is 3. The monoisotopic (exact) mass is 241 g/mol. The molecule has 1 unspecified atom stereocenters. The van der Waals surface area contributed by atoms with Gasteiger partial charge in [-0.15, -0.1) is 0 Å². The molecule has 16 heavy (non-hydrogen) atoms. The second-order valence-corrected chi connectivity index (χ2v) is 4.54. The van der Waals surface area contributed by atoms with Crippen LogP contribution in [0.3, 0.4) is 0 Å². The van der Waals surface area contributed by atoms with Crippen molar-refractivity contribution in [2.45, 2.75) is 12.5 Å². The molecule has 0 aliphatic carbocycles. The van der Waals surface area contributed by atoms with E-state index in [1.54, 1.807) is 7.11 Å². The molecule has 1 fully saturated rings. The summed E-state index contributed by atoms with van der Waals surface area (Å²) in [7, 11) is 1.66. The third-order valence-electron chi connectivity index (χ3n) is 2.89. The van der Waals surface area contributed by atoms with Crippen LogP contribution in [0.4, 0.5) is 0 Å². The maximum absolute atomic E-state index is 6.02. The van der Waals surface area contributed by atoms with Gasteiger partial charge in [-0.25, -0.2) is 0 Å². The molecular formula is C12H16ClNO2. The third-order valence-corrected chi connectivity index (χ3v) is 3.13. The second-order valence-electron chi connectivity index (χ2n) is 4.10. The molecule has 1 aromatic rings. The summed E-state index contributed by atoms with van der Waals surface area (Å²) in [6.07, 6.45) is 0. The normalized spacial score (nSPS) is 25.4. The van der Waals surface area contributed by atoms with Crippen molar-refractivity contribution in [1.82, 2.24) is 5.32 Å². The molecular weight excluding hydrogens is 226 g/mol. The van der Waals surface area contributed by atoms with E-state index in [1.807, 2.05) is 25.1 Å². The van der Waals surface area contributed by atoms with Gasteiger partial charge in [0, 0.05) is 23.7 Å². The van der Waals surface area contributed by atoms with Gasteiger partial charge in [-0.1, -0.05) is 11.6 Å². The number of hydrogen-bond donors (Lipinski definition) is 1. The second kappa shape index (κ2) is 4.62. The number of halogens is 1. The van der Waals surface area contributed by atoms with Crippen LogP contribution >= 0.6 is 11.6 Å². The zero-order valence-electron chi connectivity index (χ0n) is 9.55. The number of ether oxygens (including phenoxy) is 2. The third kappa shape index (κ3) is 2.17. The van der Waals surface area contributed by atoms with Crippen LogP contribution in [0.5, 0.6) is 5.75 Å². The van der Waals surface area contributed by atoms with E-state index in [1.165, 1.54) is 0 Å². The average molecular weight is 242 g/mol. The van der Waals surface area contributed by atoms with Gasteiger partial charge in [0.25, 0.3) is 0 Å². The highest BCUT2D eigenvalue weighted by atomic mass is 35.5. The predicted octanol–water partition coefficient (Wildman–Crippen LogP) is 2.18. The standard InChI is InChI=1S/C12H16ClNO2/c1-12(8-14-5-6-16-12)10-7-9(13)3-4-11(10)15-2/h3-4,7,14H,5-6,8H2,1-2H3. The van der Waals surface area contributed by atoms with Crippen LogP contribution in [0.15, 0.2) is 18.2 Å². The Morgan fingerprint density at radius 1 is 1.50 bits per heavy atom. The Bertz CT molecular complexity index is 375. The van der Waals surface area contributed by atoms with Gasteiger partial charge in [0.15, 0.2) is 0 Å². The van der Waals surface area contributed by atoms with Crippen molar-refractivity contribution in [3.8, 4) is 5.75 Å². The van der Waals surface area contributed by atoms with Gasteiger partial charge < -0.3 is 14.8 Å². The molecule has 0 radical (unpaired) electrons. The van der Waals surface area contributed by atoms with Crippen LogP contribution in [0.2, 0.25) is 5.02 Å². The van der Waals surface area contributed by atoms with E-state index in [0.29, 0.717) is 11.6 Å². The molecule has 1 heterocycles. The maximum atomic E-state index is 6.02. The van der Waals surface area contributed by atoms with Crippen LogP contribution in [-0.4, -0.2) is 26.8 Å². The average Bonchev–Trinajstić information content (AvgIpc) is 2.30. The van der Waals surface area contributed by atoms with E-state index in [4.69, 9.17) is 21.1 Å². The molecule has 4 heteroatoms. The van der Waals surface area contributed by atoms with Crippen molar-refractivity contribution < 1.29 is 9.47 Å². The quantitative estimate of drug-likeness (QED) is 0.861. The van der Waals surface area contributed by atoms with Gasteiger partial charge in [0.2, 0.25) is 0 Å². The van der Waals surface area contributed by atoms with Crippen molar-refractivity contribution in [1.29, 1.82) is 0 Å². The van der Waals surface area contributed by atoms with Crippen LogP contribution in [0.25, 0.3) is 0 Å². The van der Waals surface area contributed by atoms with E-state index in [9.17, 15) is 0 Å². The fraction of sp³-hybridized carbons (Fsp3) is 0.500. The summed E-state index contributed by atoms with van der Waals surface area (Å²) in [5.41, 5.74) is 0.629. The van der Waals surface area contributed by atoms with Gasteiger partial charge in [-0.3, -0.25) is 0 Å². The fourth-order valence-corrected chi connectivity index (χ4v) is 2.16. The molecule has 0 amide bonds. The van der Waals surface area contributed by atoms with Gasteiger partial charge in [0.05, 0.1) is 13.7 Å². The highest BCUT2D eigenvalue weighted by Gasteiger charge is 2.32. The van der Waals surface area contributed by atoms with Crippen molar-refractivity contribution in [3.05, 3.63) is 28.8 Å². The van der Waals surface area contributed by atoms with Crippen molar-refractivity contribution in [3.63, 3.8) is 0 Å². The van der Waals surface area contributed by atoms with Crippen molar-refractivity contribution in [2.24, 2.45) is 0 Å². The SMILES string of the molecule is COc1ccc(Cl)cc1C1(C)CNCCO1. The largest absolute Gasteiger partial charge is 0.496 e. The molecule has 1 atom stereocenters. The molecule has 1 N–H and O–H groups in total. The lowest BCUT2D eigenvalue weighted by Gasteiger charge is -2.35. The van der Waals surface area contributed by atoms with E-state index < -0.39 is 0 Å². The first-order chi connectivity index (χ1) is 7.65. The van der Waals surface area contributed by atoms with Gasteiger partial charge in [0.1, 0.15) is 11.4 Å². The molecule has 1 aromatic carbocycles. The molecule has 2 rings (SSSR count). The Hall–Kier alpha value is -0.770. The maximum Gasteiger partial charge on any atom is 0.125 e. The molecule has 0 aromatic heterocycles. The van der Waals surface area contributed by atoms with E-state index in [0.717, 1.165) is 24.4 Å². The van der Waals surface area contributed by atoms with Crippen LogP contribution in [0, 0.1) is 0 Å². The summed E-state index contributed by atoms with van der Waals surface area (Å²) < 4.78 is 11.2. The predicted molar refractivity (Wildman–Crippen MR) is 64.2 cm³/mol. The molecule has 1 saturated heterocycles. The van der Waals surface area contributed by atoms with E-state index in [-0.39, 0.29) is 5.60 Å². The lowest BCUT2D eigenvalue weighted by atomic mass is 9.93. The van der Waals surface area contributed by atoms with Gasteiger partial charge in [-0.05, 0) is 25.1 Å². The zero-order chi connectivity index (χ0) is 11.6. The number of rotatable bonds is 2. The lowest BCUT2D eigenvalue weighted by Crippen LogP contribution is -2.45. The molecule has 1 aliphatic rings. The smallest absolute Gasteiger partial charge is 0.125 e. The fourth-order valence-electron chi connectivity index (χ4n) is 1.99. The molecule has 0 saturated carbocycles. The minimum atomic E-state index is -0.367. The Labute approximate surface area is 101 Å². The topological polar surface area (TPSA) is 30.5 Å². The summed E-state index contributed by atoms with van der Waals surface area (Å²) in [4.78, 5) is 0. The van der Waals surface area contributed by atoms with Crippen LogP contribution < -0.4 is 10.1 Å².